The van der Waals surface area contributed by atoms with Crippen LogP contribution < -0.4 is 0 Å². The monoisotopic (exact) mass is 268 g/mol. The summed E-state index contributed by atoms with van der Waals surface area (Å²) in [6.45, 7) is 3.62. The lowest BCUT2D eigenvalue weighted by Crippen LogP contribution is -2.16. The second-order valence-corrected chi connectivity index (χ2v) is 4.84. The molecule has 1 aromatic carbocycles. The minimum absolute atomic E-state index is 0.277. The van der Waals surface area contributed by atoms with Crippen LogP contribution in [0, 0.1) is 6.92 Å². The summed E-state index contributed by atoms with van der Waals surface area (Å²) < 4.78 is 3.70. The number of rotatable bonds is 5. The first-order valence-corrected chi connectivity index (χ1v) is 6.52. The summed E-state index contributed by atoms with van der Waals surface area (Å²) in [6.07, 6.45) is 6.59. The van der Waals surface area contributed by atoms with Crippen molar-refractivity contribution < 1.29 is 0 Å². The average molecular weight is 268 g/mol. The molecule has 0 radical (unpaired) electrons. The first kappa shape index (κ1) is 12.5. The molecule has 0 unspecified atom stereocenters. The number of aryl methyl sites for hydroxylation is 1. The van der Waals surface area contributed by atoms with E-state index in [1.807, 2.05) is 9.36 Å². The van der Waals surface area contributed by atoms with E-state index < -0.39 is 0 Å². The fraction of sp³-hybridized carbons (Fsp3) is 0.286. The van der Waals surface area contributed by atoms with Crippen molar-refractivity contribution in [3.63, 3.8) is 0 Å². The Morgan fingerprint density at radius 3 is 1.90 bits per heavy atom. The van der Waals surface area contributed by atoms with Gasteiger partial charge in [0.2, 0.25) is 0 Å². The number of hydrogen-bond donors (Lipinski definition) is 0. The highest BCUT2D eigenvalue weighted by Crippen LogP contribution is 2.20. The lowest BCUT2D eigenvalue weighted by atomic mass is 9.98. The van der Waals surface area contributed by atoms with Crippen LogP contribution in [-0.4, -0.2) is 29.5 Å². The Hall–Kier alpha value is -2.50. The second-order valence-electron chi connectivity index (χ2n) is 4.84. The van der Waals surface area contributed by atoms with E-state index in [2.05, 4.69) is 51.4 Å². The van der Waals surface area contributed by atoms with E-state index in [4.69, 9.17) is 0 Å². The molecule has 0 bridgehead atoms. The van der Waals surface area contributed by atoms with Crippen LogP contribution in [0.25, 0.3) is 0 Å². The van der Waals surface area contributed by atoms with Crippen LogP contribution in [0.3, 0.4) is 0 Å². The van der Waals surface area contributed by atoms with Gasteiger partial charge in [-0.05, 0) is 12.5 Å². The Morgan fingerprint density at radius 1 is 0.900 bits per heavy atom. The van der Waals surface area contributed by atoms with Gasteiger partial charge in [-0.25, -0.2) is 9.97 Å². The van der Waals surface area contributed by atoms with Gasteiger partial charge in [-0.3, -0.25) is 9.36 Å². The minimum Gasteiger partial charge on any atom is -0.252 e. The SMILES string of the molecule is Cc1ccc(C(Cn2cncn2)Cn2cncn2)cc1. The second kappa shape index (κ2) is 5.64. The molecule has 20 heavy (non-hydrogen) atoms. The molecule has 0 saturated heterocycles. The van der Waals surface area contributed by atoms with Crippen molar-refractivity contribution in [1.82, 2.24) is 29.5 Å². The standard InChI is InChI=1S/C14H16N6/c1-12-2-4-13(5-3-12)14(6-19-10-15-8-17-19)7-20-11-16-9-18-20/h2-5,8-11,14H,6-7H2,1H3. The number of nitrogens with zero attached hydrogens (tertiary/aromatic N) is 6. The highest BCUT2D eigenvalue weighted by Gasteiger charge is 2.14. The van der Waals surface area contributed by atoms with Crippen molar-refractivity contribution in [2.24, 2.45) is 0 Å². The van der Waals surface area contributed by atoms with Gasteiger partial charge >= 0.3 is 0 Å². The molecule has 0 spiro atoms. The summed E-state index contributed by atoms with van der Waals surface area (Å²) in [4.78, 5) is 7.99. The molecule has 0 aliphatic carbocycles. The molecule has 102 valence electrons. The van der Waals surface area contributed by atoms with Crippen LogP contribution in [0.2, 0.25) is 0 Å². The first-order chi connectivity index (χ1) is 9.81. The molecule has 0 atom stereocenters. The van der Waals surface area contributed by atoms with Gasteiger partial charge in [-0.1, -0.05) is 29.8 Å². The molecule has 0 amide bonds. The van der Waals surface area contributed by atoms with E-state index in [1.54, 1.807) is 25.3 Å². The van der Waals surface area contributed by atoms with E-state index in [1.165, 1.54) is 11.1 Å². The number of aromatic nitrogens is 6. The van der Waals surface area contributed by atoms with Crippen LogP contribution in [0.5, 0.6) is 0 Å². The van der Waals surface area contributed by atoms with Gasteiger partial charge in [0.05, 0.1) is 13.1 Å². The molecular weight excluding hydrogens is 252 g/mol. The molecule has 3 rings (SSSR count). The molecule has 0 fully saturated rings. The molecule has 3 aromatic rings. The Labute approximate surface area is 117 Å². The van der Waals surface area contributed by atoms with Gasteiger partial charge in [0, 0.05) is 5.92 Å². The minimum atomic E-state index is 0.277. The summed E-state index contributed by atoms with van der Waals surface area (Å²) in [7, 11) is 0. The lowest BCUT2D eigenvalue weighted by Gasteiger charge is -2.17. The van der Waals surface area contributed by atoms with Gasteiger partial charge in [0.1, 0.15) is 25.3 Å². The molecule has 6 heteroatoms. The maximum absolute atomic E-state index is 4.19. The zero-order valence-corrected chi connectivity index (χ0v) is 11.3. The van der Waals surface area contributed by atoms with Crippen LogP contribution in [-0.2, 0) is 13.1 Å². The van der Waals surface area contributed by atoms with E-state index in [-0.39, 0.29) is 5.92 Å². The summed E-state index contributed by atoms with van der Waals surface area (Å²) in [5.41, 5.74) is 2.52. The Kier molecular flexibility index (Phi) is 3.54. The van der Waals surface area contributed by atoms with E-state index >= 15 is 0 Å². The quantitative estimate of drug-likeness (QED) is 0.706. The van der Waals surface area contributed by atoms with Gasteiger partial charge in [-0.2, -0.15) is 10.2 Å². The van der Waals surface area contributed by atoms with Crippen LogP contribution in [0.1, 0.15) is 17.0 Å². The molecule has 0 N–H and O–H groups in total. The zero-order chi connectivity index (χ0) is 13.8. The fourth-order valence-electron chi connectivity index (χ4n) is 2.21. The predicted octanol–water partition coefficient (Wildman–Crippen LogP) is 1.66. The number of hydrogen-bond acceptors (Lipinski definition) is 4. The predicted molar refractivity (Wildman–Crippen MR) is 74.0 cm³/mol. The van der Waals surface area contributed by atoms with Gasteiger partial charge in [0.25, 0.3) is 0 Å². The molecule has 0 aliphatic rings. The van der Waals surface area contributed by atoms with Crippen molar-refractivity contribution in [3.8, 4) is 0 Å². The number of benzene rings is 1. The third-order valence-corrected chi connectivity index (χ3v) is 3.30. The molecule has 2 heterocycles. The average Bonchev–Trinajstić information content (AvgIpc) is 3.12. The van der Waals surface area contributed by atoms with Crippen molar-refractivity contribution in [2.45, 2.75) is 25.9 Å². The Balaban J connectivity index is 1.84. The first-order valence-electron chi connectivity index (χ1n) is 6.52. The third kappa shape index (κ3) is 2.90. The van der Waals surface area contributed by atoms with Gasteiger partial charge in [-0.15, -0.1) is 0 Å². The molecule has 0 aliphatic heterocycles. The van der Waals surface area contributed by atoms with Crippen molar-refractivity contribution >= 4 is 0 Å². The van der Waals surface area contributed by atoms with Gasteiger partial charge in [0.15, 0.2) is 0 Å². The summed E-state index contributed by atoms with van der Waals surface area (Å²) in [5.74, 6) is 0.277. The fourth-order valence-corrected chi connectivity index (χ4v) is 2.21. The van der Waals surface area contributed by atoms with Crippen molar-refractivity contribution in [3.05, 3.63) is 60.7 Å². The van der Waals surface area contributed by atoms with Crippen molar-refractivity contribution in [1.29, 1.82) is 0 Å². The smallest absolute Gasteiger partial charge is 0.137 e. The summed E-state index contributed by atoms with van der Waals surface area (Å²) in [6, 6.07) is 8.58. The summed E-state index contributed by atoms with van der Waals surface area (Å²) >= 11 is 0. The van der Waals surface area contributed by atoms with E-state index in [0.29, 0.717) is 0 Å². The zero-order valence-electron chi connectivity index (χ0n) is 11.3. The molecule has 0 saturated carbocycles. The van der Waals surface area contributed by atoms with E-state index in [0.717, 1.165) is 13.1 Å². The van der Waals surface area contributed by atoms with Crippen LogP contribution in [0.4, 0.5) is 0 Å². The van der Waals surface area contributed by atoms with E-state index in [9.17, 15) is 0 Å². The van der Waals surface area contributed by atoms with Crippen LogP contribution in [0.15, 0.2) is 49.6 Å². The molecule has 6 nitrogen and oxygen atoms in total. The van der Waals surface area contributed by atoms with Gasteiger partial charge < -0.3 is 0 Å². The molecule has 2 aromatic heterocycles. The topological polar surface area (TPSA) is 61.4 Å². The lowest BCUT2D eigenvalue weighted by molar-refractivity contribution is 0.437. The maximum atomic E-state index is 4.19. The highest BCUT2D eigenvalue weighted by atomic mass is 15.3. The normalized spacial score (nSPS) is 11.1. The Bertz CT molecular complexity index is 591. The molecular formula is C14H16N6. The summed E-state index contributed by atoms with van der Waals surface area (Å²) in [5, 5.41) is 8.38. The highest BCUT2D eigenvalue weighted by molar-refractivity contribution is 5.24. The van der Waals surface area contributed by atoms with Crippen LogP contribution >= 0.6 is 0 Å². The third-order valence-electron chi connectivity index (χ3n) is 3.30. The Morgan fingerprint density at radius 2 is 1.45 bits per heavy atom. The largest absolute Gasteiger partial charge is 0.252 e. The maximum Gasteiger partial charge on any atom is 0.137 e. The van der Waals surface area contributed by atoms with Crippen molar-refractivity contribution in [2.75, 3.05) is 0 Å².